The van der Waals surface area contributed by atoms with Crippen LogP contribution in [0, 0.1) is 0 Å². The molecule has 0 radical (unpaired) electrons. The SMILES string of the molecule is CC(C)(C)c1ccc(COC(=O)c2c3c(nc4ccccc24)C(=Cc2ccco2)CCC3)cc1. The molecular weight excluding hydrogens is 422 g/mol. The molecule has 4 nitrogen and oxygen atoms in total. The molecule has 0 N–H and O–H groups in total. The lowest BCUT2D eigenvalue weighted by molar-refractivity contribution is 0.0473. The number of allylic oxidation sites excluding steroid dienone is 1. The van der Waals surface area contributed by atoms with Gasteiger partial charge in [-0.05, 0) is 71.2 Å². The first-order chi connectivity index (χ1) is 16.4. The van der Waals surface area contributed by atoms with Crippen LogP contribution < -0.4 is 0 Å². The number of aromatic nitrogens is 1. The Morgan fingerprint density at radius 3 is 2.56 bits per heavy atom. The maximum absolute atomic E-state index is 13.5. The van der Waals surface area contributed by atoms with Crippen LogP contribution in [0.15, 0.2) is 71.3 Å². The molecule has 0 bridgehead atoms. The lowest BCUT2D eigenvalue weighted by Crippen LogP contribution is -2.15. The maximum Gasteiger partial charge on any atom is 0.339 e. The molecular formula is C30H29NO3. The third kappa shape index (κ3) is 4.41. The highest BCUT2D eigenvalue weighted by Crippen LogP contribution is 2.36. The Balaban J connectivity index is 1.49. The fourth-order valence-corrected chi connectivity index (χ4v) is 4.58. The van der Waals surface area contributed by atoms with Crippen LogP contribution in [0.4, 0.5) is 0 Å². The summed E-state index contributed by atoms with van der Waals surface area (Å²) >= 11 is 0. The van der Waals surface area contributed by atoms with Gasteiger partial charge in [-0.25, -0.2) is 9.78 Å². The minimum atomic E-state index is -0.297. The first kappa shape index (κ1) is 22.1. The van der Waals surface area contributed by atoms with Gasteiger partial charge < -0.3 is 9.15 Å². The number of benzene rings is 2. The number of esters is 1. The fraction of sp³-hybridized carbons (Fsp3) is 0.267. The van der Waals surface area contributed by atoms with E-state index in [1.807, 2.05) is 54.6 Å². The summed E-state index contributed by atoms with van der Waals surface area (Å²) in [5, 5.41) is 0.841. The Hall–Kier alpha value is -3.66. The maximum atomic E-state index is 13.5. The van der Waals surface area contributed by atoms with Gasteiger partial charge >= 0.3 is 5.97 Å². The lowest BCUT2D eigenvalue weighted by Gasteiger charge is -2.22. The van der Waals surface area contributed by atoms with Crippen molar-refractivity contribution in [2.45, 2.75) is 52.1 Å². The number of furan rings is 1. The minimum Gasteiger partial charge on any atom is -0.465 e. The van der Waals surface area contributed by atoms with Crippen molar-refractivity contribution in [3.05, 3.63) is 101 Å². The summed E-state index contributed by atoms with van der Waals surface area (Å²) in [5.74, 6) is 0.495. The Morgan fingerprint density at radius 1 is 1.03 bits per heavy atom. The standard InChI is InChI=1S/C30H29NO3/c1-30(2,3)22-15-13-20(14-16-22)19-34-29(32)27-24-10-4-5-12-26(24)31-28-21(8-6-11-25(27)28)18-23-9-7-17-33-23/h4-5,7,9-10,12-18H,6,8,11,19H2,1-3H3. The van der Waals surface area contributed by atoms with E-state index in [1.54, 1.807) is 6.26 Å². The normalized spacial score (nSPS) is 14.9. The molecule has 172 valence electrons. The molecule has 2 heterocycles. The number of pyridine rings is 1. The number of nitrogens with zero attached hydrogens (tertiary/aromatic N) is 1. The highest BCUT2D eigenvalue weighted by molar-refractivity contribution is 6.06. The predicted octanol–water partition coefficient (Wildman–Crippen LogP) is 7.36. The van der Waals surface area contributed by atoms with Crippen molar-refractivity contribution in [2.24, 2.45) is 0 Å². The van der Waals surface area contributed by atoms with E-state index in [9.17, 15) is 4.79 Å². The summed E-state index contributed by atoms with van der Waals surface area (Å²) in [6.45, 7) is 6.81. The Labute approximate surface area is 200 Å². The van der Waals surface area contributed by atoms with Crippen LogP contribution >= 0.6 is 0 Å². The number of carbonyl (C=O) groups excluding carboxylic acids is 1. The van der Waals surface area contributed by atoms with Crippen molar-refractivity contribution in [2.75, 3.05) is 0 Å². The van der Waals surface area contributed by atoms with Crippen molar-refractivity contribution in [3.8, 4) is 0 Å². The van der Waals surface area contributed by atoms with Gasteiger partial charge in [0.05, 0.1) is 23.0 Å². The average Bonchev–Trinajstić information content (AvgIpc) is 3.34. The third-order valence-corrected chi connectivity index (χ3v) is 6.42. The van der Waals surface area contributed by atoms with E-state index >= 15 is 0 Å². The van der Waals surface area contributed by atoms with Crippen LogP contribution in [0.1, 0.15) is 72.1 Å². The molecule has 1 aliphatic carbocycles. The zero-order valence-electron chi connectivity index (χ0n) is 19.9. The van der Waals surface area contributed by atoms with Crippen LogP contribution in [-0.2, 0) is 23.2 Å². The number of carbonyl (C=O) groups is 1. The van der Waals surface area contributed by atoms with Crippen LogP contribution in [0.25, 0.3) is 22.6 Å². The van der Waals surface area contributed by atoms with E-state index in [2.05, 4.69) is 32.9 Å². The molecule has 0 fully saturated rings. The molecule has 0 spiro atoms. The monoisotopic (exact) mass is 451 g/mol. The van der Waals surface area contributed by atoms with E-state index in [4.69, 9.17) is 14.1 Å². The second kappa shape index (κ2) is 8.94. The average molecular weight is 452 g/mol. The van der Waals surface area contributed by atoms with Gasteiger partial charge in [-0.2, -0.15) is 0 Å². The van der Waals surface area contributed by atoms with Gasteiger partial charge in [0.1, 0.15) is 12.4 Å². The quantitative estimate of drug-likeness (QED) is 0.304. The highest BCUT2D eigenvalue weighted by atomic mass is 16.5. The number of rotatable bonds is 4. The lowest BCUT2D eigenvalue weighted by atomic mass is 9.86. The molecule has 0 saturated heterocycles. The van der Waals surface area contributed by atoms with Crippen molar-refractivity contribution in [1.82, 2.24) is 4.98 Å². The second-order valence-electron chi connectivity index (χ2n) is 9.89. The predicted molar refractivity (Wildman–Crippen MR) is 136 cm³/mol. The number of ether oxygens (including phenoxy) is 1. The van der Waals surface area contributed by atoms with E-state index in [1.165, 1.54) is 5.56 Å². The number of hydrogen-bond acceptors (Lipinski definition) is 4. The first-order valence-electron chi connectivity index (χ1n) is 11.8. The summed E-state index contributed by atoms with van der Waals surface area (Å²) in [4.78, 5) is 18.4. The summed E-state index contributed by atoms with van der Waals surface area (Å²) in [7, 11) is 0. The molecule has 2 aromatic carbocycles. The van der Waals surface area contributed by atoms with Crippen molar-refractivity contribution < 1.29 is 13.9 Å². The van der Waals surface area contributed by atoms with Crippen molar-refractivity contribution in [3.63, 3.8) is 0 Å². The molecule has 0 saturated carbocycles. The minimum absolute atomic E-state index is 0.0884. The molecule has 0 unspecified atom stereocenters. The van der Waals surface area contributed by atoms with Crippen molar-refractivity contribution in [1.29, 1.82) is 0 Å². The van der Waals surface area contributed by atoms with Gasteiger partial charge in [-0.15, -0.1) is 0 Å². The topological polar surface area (TPSA) is 52.3 Å². The fourth-order valence-electron chi connectivity index (χ4n) is 4.58. The van der Waals surface area contributed by atoms with Gasteiger partial charge in [0.25, 0.3) is 0 Å². The van der Waals surface area contributed by atoms with Gasteiger partial charge in [0.2, 0.25) is 0 Å². The van der Waals surface area contributed by atoms with Gasteiger partial charge in [0.15, 0.2) is 0 Å². The Kier molecular flexibility index (Phi) is 5.82. The zero-order chi connectivity index (χ0) is 23.7. The largest absolute Gasteiger partial charge is 0.465 e. The molecule has 2 aromatic heterocycles. The van der Waals surface area contributed by atoms with Gasteiger partial charge in [-0.1, -0.05) is 63.2 Å². The third-order valence-electron chi connectivity index (χ3n) is 6.42. The molecule has 34 heavy (non-hydrogen) atoms. The first-order valence-corrected chi connectivity index (χ1v) is 11.8. The molecule has 1 aliphatic rings. The van der Waals surface area contributed by atoms with Crippen LogP contribution in [0.3, 0.4) is 0 Å². The van der Waals surface area contributed by atoms with Crippen molar-refractivity contribution >= 4 is 28.5 Å². The molecule has 0 amide bonds. The van der Waals surface area contributed by atoms with Crippen LogP contribution in [0.2, 0.25) is 0 Å². The zero-order valence-corrected chi connectivity index (χ0v) is 19.9. The van der Waals surface area contributed by atoms with E-state index in [0.717, 1.165) is 58.3 Å². The Morgan fingerprint density at radius 2 is 1.82 bits per heavy atom. The summed E-state index contributed by atoms with van der Waals surface area (Å²) in [6.07, 6.45) is 6.35. The van der Waals surface area contributed by atoms with E-state index in [-0.39, 0.29) is 18.0 Å². The van der Waals surface area contributed by atoms with Crippen LogP contribution in [-0.4, -0.2) is 11.0 Å². The summed E-state index contributed by atoms with van der Waals surface area (Å²) in [5.41, 5.74) is 6.70. The molecule has 0 atom stereocenters. The van der Waals surface area contributed by atoms with Crippen LogP contribution in [0.5, 0.6) is 0 Å². The molecule has 5 rings (SSSR count). The summed E-state index contributed by atoms with van der Waals surface area (Å²) in [6, 6.07) is 19.9. The molecule has 0 aliphatic heterocycles. The number of fused-ring (bicyclic) bond motifs is 2. The van der Waals surface area contributed by atoms with E-state index in [0.29, 0.717) is 5.56 Å². The van der Waals surface area contributed by atoms with Gasteiger partial charge in [0, 0.05) is 5.39 Å². The number of hydrogen-bond donors (Lipinski definition) is 0. The smallest absolute Gasteiger partial charge is 0.339 e. The Bertz CT molecular complexity index is 1360. The van der Waals surface area contributed by atoms with Gasteiger partial charge in [-0.3, -0.25) is 0 Å². The molecule has 4 heteroatoms. The number of para-hydroxylation sites is 1. The molecule has 4 aromatic rings. The van der Waals surface area contributed by atoms with E-state index < -0.39 is 0 Å². The summed E-state index contributed by atoms with van der Waals surface area (Å²) < 4.78 is 11.4. The highest BCUT2D eigenvalue weighted by Gasteiger charge is 2.26. The second-order valence-corrected chi connectivity index (χ2v) is 9.89.